The zero-order valence-corrected chi connectivity index (χ0v) is 19.4. The Bertz CT molecular complexity index is 1340. The van der Waals surface area contributed by atoms with Crippen molar-refractivity contribution in [2.75, 3.05) is 6.61 Å². The van der Waals surface area contributed by atoms with E-state index in [4.69, 9.17) is 20.8 Å². The van der Waals surface area contributed by atoms with E-state index in [0.29, 0.717) is 34.5 Å². The van der Waals surface area contributed by atoms with Crippen LogP contribution in [0.25, 0.3) is 28.8 Å². The highest BCUT2D eigenvalue weighted by molar-refractivity contribution is 8.04. The number of rotatable bonds is 8. The molecule has 0 aliphatic carbocycles. The van der Waals surface area contributed by atoms with Gasteiger partial charge in [-0.3, -0.25) is 5.10 Å². The number of aromatic amines is 1. The predicted octanol–water partition coefficient (Wildman–Crippen LogP) is 5.78. The van der Waals surface area contributed by atoms with Gasteiger partial charge in [0.2, 0.25) is 5.16 Å². The van der Waals surface area contributed by atoms with Crippen LogP contribution in [0.1, 0.15) is 23.0 Å². The lowest BCUT2D eigenvalue weighted by atomic mass is 10.1. The van der Waals surface area contributed by atoms with Gasteiger partial charge in [-0.2, -0.15) is 0 Å². The van der Waals surface area contributed by atoms with Crippen molar-refractivity contribution in [3.05, 3.63) is 81.9 Å². The molecule has 4 aromatic rings. The standard InChI is InChI=1S/C24H18ClN3O5S/c1-2-32-23(31)16-5-3-14(4-6-16)19-12-11-18(33-19)13-20(22(29)30)34-24-26-21(27-28-24)15-7-9-17(25)10-8-15/h3-13H,2H2,1H3,(H,29,30)(H,26,27,28)/b20-13-. The summed E-state index contributed by atoms with van der Waals surface area (Å²) in [6.07, 6.45) is 1.40. The number of hydrogen-bond acceptors (Lipinski definition) is 7. The van der Waals surface area contributed by atoms with Crippen molar-refractivity contribution in [3.8, 4) is 22.7 Å². The molecule has 0 radical (unpaired) electrons. The Balaban J connectivity index is 1.50. The molecule has 0 aliphatic rings. The van der Waals surface area contributed by atoms with E-state index < -0.39 is 11.9 Å². The van der Waals surface area contributed by atoms with Crippen LogP contribution in [0.2, 0.25) is 5.02 Å². The van der Waals surface area contributed by atoms with Crippen molar-refractivity contribution in [2.24, 2.45) is 0 Å². The van der Waals surface area contributed by atoms with Crippen LogP contribution in [0.3, 0.4) is 0 Å². The second kappa shape index (κ2) is 10.4. The van der Waals surface area contributed by atoms with Crippen LogP contribution in [-0.4, -0.2) is 38.8 Å². The summed E-state index contributed by atoms with van der Waals surface area (Å²) < 4.78 is 10.8. The highest BCUT2D eigenvalue weighted by Crippen LogP contribution is 2.30. The number of nitrogens with one attached hydrogen (secondary N) is 1. The summed E-state index contributed by atoms with van der Waals surface area (Å²) in [5.41, 5.74) is 1.94. The Hall–Kier alpha value is -3.82. The number of aromatic nitrogens is 3. The number of carbonyl (C=O) groups excluding carboxylic acids is 1. The minimum Gasteiger partial charge on any atom is -0.477 e. The van der Waals surface area contributed by atoms with E-state index in [0.717, 1.165) is 22.9 Å². The summed E-state index contributed by atoms with van der Waals surface area (Å²) >= 11 is 6.80. The lowest BCUT2D eigenvalue weighted by molar-refractivity contribution is -0.131. The number of benzene rings is 2. The van der Waals surface area contributed by atoms with Crippen molar-refractivity contribution in [2.45, 2.75) is 12.1 Å². The molecule has 2 N–H and O–H groups in total. The maximum atomic E-state index is 11.8. The number of nitrogens with zero attached hydrogens (tertiary/aromatic N) is 2. The van der Waals surface area contributed by atoms with Gasteiger partial charge in [-0.15, -0.1) is 5.10 Å². The molecular weight excluding hydrogens is 478 g/mol. The van der Waals surface area contributed by atoms with Crippen LogP contribution in [0, 0.1) is 0 Å². The first kappa shape index (κ1) is 23.3. The van der Waals surface area contributed by atoms with Gasteiger partial charge in [-0.1, -0.05) is 23.7 Å². The maximum absolute atomic E-state index is 11.8. The van der Waals surface area contributed by atoms with Crippen LogP contribution in [-0.2, 0) is 9.53 Å². The van der Waals surface area contributed by atoms with E-state index in [9.17, 15) is 14.7 Å². The number of aliphatic carboxylic acids is 1. The van der Waals surface area contributed by atoms with E-state index >= 15 is 0 Å². The number of hydrogen-bond donors (Lipinski definition) is 2. The SMILES string of the molecule is CCOC(=O)c1ccc(-c2ccc(/C=C(\Sc3n[nH]c(-c4ccc(Cl)cc4)n3)C(=O)O)o2)cc1. The van der Waals surface area contributed by atoms with Gasteiger partial charge in [0.1, 0.15) is 16.4 Å². The molecule has 8 nitrogen and oxygen atoms in total. The van der Waals surface area contributed by atoms with Crippen LogP contribution < -0.4 is 0 Å². The molecule has 2 heterocycles. The van der Waals surface area contributed by atoms with E-state index in [-0.39, 0.29) is 10.1 Å². The zero-order chi connectivity index (χ0) is 24.1. The molecule has 2 aromatic carbocycles. The Kier molecular flexibility index (Phi) is 7.15. The summed E-state index contributed by atoms with van der Waals surface area (Å²) in [6.45, 7) is 2.04. The molecule has 0 bridgehead atoms. The number of carbonyl (C=O) groups is 2. The molecule has 2 aromatic heterocycles. The van der Waals surface area contributed by atoms with Crippen LogP contribution in [0.15, 0.2) is 75.1 Å². The Morgan fingerprint density at radius 1 is 1.09 bits per heavy atom. The van der Waals surface area contributed by atoms with Gasteiger partial charge >= 0.3 is 11.9 Å². The highest BCUT2D eigenvalue weighted by Gasteiger charge is 2.16. The van der Waals surface area contributed by atoms with Crippen molar-refractivity contribution >= 4 is 41.4 Å². The smallest absolute Gasteiger partial charge is 0.342 e. The number of furan rings is 1. The minimum absolute atomic E-state index is 0.0137. The second-order valence-electron chi connectivity index (χ2n) is 6.89. The van der Waals surface area contributed by atoms with Crippen molar-refractivity contribution in [3.63, 3.8) is 0 Å². The zero-order valence-electron chi connectivity index (χ0n) is 17.8. The molecule has 0 spiro atoms. The molecule has 0 unspecified atom stereocenters. The first-order valence-electron chi connectivity index (χ1n) is 10.1. The van der Waals surface area contributed by atoms with Crippen molar-refractivity contribution in [1.29, 1.82) is 0 Å². The summed E-state index contributed by atoms with van der Waals surface area (Å²) in [7, 11) is 0. The second-order valence-corrected chi connectivity index (χ2v) is 8.33. The van der Waals surface area contributed by atoms with Gasteiger partial charge in [-0.05, 0) is 67.2 Å². The highest BCUT2D eigenvalue weighted by atomic mass is 35.5. The minimum atomic E-state index is -1.14. The van der Waals surface area contributed by atoms with Crippen molar-refractivity contribution < 1.29 is 23.8 Å². The molecular formula is C24H18ClN3O5S. The van der Waals surface area contributed by atoms with E-state index in [1.54, 1.807) is 67.6 Å². The first-order valence-corrected chi connectivity index (χ1v) is 11.3. The fourth-order valence-electron chi connectivity index (χ4n) is 2.96. The molecule has 0 atom stereocenters. The Morgan fingerprint density at radius 2 is 1.79 bits per heavy atom. The number of carboxylic acid groups (broad SMARTS) is 1. The van der Waals surface area contributed by atoms with E-state index in [1.807, 2.05) is 0 Å². The van der Waals surface area contributed by atoms with Gasteiger partial charge < -0.3 is 14.3 Å². The number of ether oxygens (including phenoxy) is 1. The Labute approximate surface area is 203 Å². The quantitative estimate of drug-likeness (QED) is 0.179. The predicted molar refractivity (Wildman–Crippen MR) is 128 cm³/mol. The topological polar surface area (TPSA) is 118 Å². The monoisotopic (exact) mass is 495 g/mol. The van der Waals surface area contributed by atoms with Gasteiger partial charge in [0.15, 0.2) is 5.82 Å². The molecule has 0 amide bonds. The molecule has 172 valence electrons. The van der Waals surface area contributed by atoms with Crippen LogP contribution in [0.5, 0.6) is 0 Å². The summed E-state index contributed by atoms with van der Waals surface area (Å²) in [6, 6.07) is 17.2. The summed E-state index contributed by atoms with van der Waals surface area (Å²) in [5.74, 6) is -0.163. The Morgan fingerprint density at radius 3 is 2.47 bits per heavy atom. The number of carboxylic acids is 1. The lowest BCUT2D eigenvalue weighted by Gasteiger charge is -2.02. The third-order valence-corrected chi connectivity index (χ3v) is 5.70. The number of halogens is 1. The van der Waals surface area contributed by atoms with Gasteiger partial charge in [0, 0.05) is 22.2 Å². The average molecular weight is 496 g/mol. The average Bonchev–Trinajstić information content (AvgIpc) is 3.49. The maximum Gasteiger partial charge on any atom is 0.342 e. The van der Waals surface area contributed by atoms with Crippen LogP contribution in [0.4, 0.5) is 0 Å². The molecule has 34 heavy (non-hydrogen) atoms. The third-order valence-electron chi connectivity index (χ3n) is 4.58. The molecule has 0 saturated heterocycles. The summed E-state index contributed by atoms with van der Waals surface area (Å²) in [4.78, 5) is 27.9. The van der Waals surface area contributed by atoms with Crippen LogP contribution >= 0.6 is 23.4 Å². The lowest BCUT2D eigenvalue weighted by Crippen LogP contribution is -2.03. The summed E-state index contributed by atoms with van der Waals surface area (Å²) in [5, 5.41) is 17.4. The molecule has 0 saturated carbocycles. The number of esters is 1. The van der Waals surface area contributed by atoms with Gasteiger partial charge in [0.25, 0.3) is 0 Å². The molecule has 4 rings (SSSR count). The third kappa shape index (κ3) is 5.56. The molecule has 0 fully saturated rings. The van der Waals surface area contributed by atoms with E-state index in [1.165, 1.54) is 6.08 Å². The van der Waals surface area contributed by atoms with Crippen molar-refractivity contribution in [1.82, 2.24) is 15.2 Å². The fraction of sp³-hybridized carbons (Fsp3) is 0.0833. The largest absolute Gasteiger partial charge is 0.477 e. The van der Waals surface area contributed by atoms with Gasteiger partial charge in [-0.25, -0.2) is 14.6 Å². The van der Waals surface area contributed by atoms with E-state index in [2.05, 4.69) is 15.2 Å². The molecule has 10 heteroatoms. The first-order chi connectivity index (χ1) is 16.4. The normalized spacial score (nSPS) is 11.4. The van der Waals surface area contributed by atoms with Gasteiger partial charge in [0.05, 0.1) is 12.2 Å². The number of H-pyrrole nitrogens is 1. The fourth-order valence-corrected chi connectivity index (χ4v) is 3.78. The number of thioether (sulfide) groups is 1. The molecule has 0 aliphatic heterocycles.